The number of ether oxygens (including phenoxy) is 1. The molecule has 5 rings (SSSR count). The van der Waals surface area contributed by atoms with Crippen LogP contribution in [0.5, 0.6) is 0 Å². The first-order valence-electron chi connectivity index (χ1n) is 10.6. The number of aromatic nitrogens is 4. The zero-order valence-electron chi connectivity index (χ0n) is 17.8. The van der Waals surface area contributed by atoms with Gasteiger partial charge in [0.2, 0.25) is 5.27 Å². The number of hydrogen-bond acceptors (Lipinski definition) is 8. The van der Waals surface area contributed by atoms with Crippen LogP contribution in [0.2, 0.25) is 0 Å². The van der Waals surface area contributed by atoms with Gasteiger partial charge in [-0.15, -0.1) is 5.01 Å². The highest BCUT2D eigenvalue weighted by Crippen LogP contribution is 2.32. The summed E-state index contributed by atoms with van der Waals surface area (Å²) in [5.41, 5.74) is 3.79. The third kappa shape index (κ3) is 5.07. The molecule has 3 heterocycles. The Morgan fingerprint density at radius 3 is 2.48 bits per heavy atom. The molecule has 0 aliphatic carbocycles. The lowest BCUT2D eigenvalue weighted by atomic mass is 10.1. The van der Waals surface area contributed by atoms with Gasteiger partial charge in [-0.25, -0.2) is 9.98 Å². The van der Waals surface area contributed by atoms with Crippen molar-refractivity contribution in [2.45, 2.75) is 5.16 Å². The molecule has 9 nitrogen and oxygen atoms in total. The van der Waals surface area contributed by atoms with Crippen LogP contribution in [0.4, 0.5) is 5.88 Å². The molecule has 0 radical (unpaired) electrons. The minimum absolute atomic E-state index is 0.119. The van der Waals surface area contributed by atoms with E-state index in [9.17, 15) is 5.11 Å². The van der Waals surface area contributed by atoms with Crippen molar-refractivity contribution in [3.8, 4) is 22.5 Å². The number of thioether (sulfide) groups is 1. The summed E-state index contributed by atoms with van der Waals surface area (Å²) in [4.78, 5) is 13.7. The first-order chi connectivity index (χ1) is 16.3. The highest BCUT2D eigenvalue weighted by Gasteiger charge is 2.22. The molecule has 1 aliphatic rings. The van der Waals surface area contributed by atoms with Crippen molar-refractivity contribution in [2.24, 2.45) is 4.99 Å². The molecule has 1 aliphatic heterocycles. The SMILES string of the molecule is [O-]/C(CSc1nc(-c2ccccc2)c(-c2ccccc2)[nH]1)=N/c1c[n+](N2CCOCC2)no1. The molecule has 0 spiro atoms. The van der Waals surface area contributed by atoms with Crippen molar-refractivity contribution in [1.82, 2.24) is 15.2 Å². The van der Waals surface area contributed by atoms with Gasteiger partial charge < -0.3 is 14.8 Å². The number of morpholine rings is 1. The highest BCUT2D eigenvalue weighted by molar-refractivity contribution is 7.99. The Balaban J connectivity index is 1.31. The van der Waals surface area contributed by atoms with E-state index in [0.717, 1.165) is 22.5 Å². The minimum Gasteiger partial charge on any atom is -0.861 e. The van der Waals surface area contributed by atoms with Gasteiger partial charge in [0.15, 0.2) is 5.16 Å². The Kier molecular flexibility index (Phi) is 6.36. The molecule has 1 fully saturated rings. The first kappa shape index (κ1) is 21.2. The molecule has 4 aromatic rings. The predicted octanol–water partition coefficient (Wildman–Crippen LogP) is 2.17. The minimum atomic E-state index is -0.329. The molecule has 0 saturated carbocycles. The summed E-state index contributed by atoms with van der Waals surface area (Å²) >= 11 is 1.30. The van der Waals surface area contributed by atoms with E-state index < -0.39 is 0 Å². The van der Waals surface area contributed by atoms with Crippen molar-refractivity contribution in [3.05, 3.63) is 66.9 Å². The van der Waals surface area contributed by atoms with Crippen LogP contribution in [-0.2, 0) is 4.74 Å². The number of hydrogen-bond donors (Lipinski definition) is 1. The van der Waals surface area contributed by atoms with E-state index in [1.165, 1.54) is 11.8 Å². The molecule has 2 aromatic carbocycles. The van der Waals surface area contributed by atoms with Crippen LogP contribution in [0.1, 0.15) is 0 Å². The van der Waals surface area contributed by atoms with Crippen LogP contribution in [0, 0.1) is 0 Å². The monoisotopic (exact) mass is 462 g/mol. The summed E-state index contributed by atoms with van der Waals surface area (Å²) in [6.07, 6.45) is 1.60. The fourth-order valence-corrected chi connectivity index (χ4v) is 4.15. The maximum Gasteiger partial charge on any atom is 0.324 e. The largest absolute Gasteiger partial charge is 0.861 e. The number of rotatable bonds is 7. The van der Waals surface area contributed by atoms with Crippen molar-refractivity contribution >= 4 is 23.5 Å². The molecule has 0 amide bonds. The maximum absolute atomic E-state index is 12.4. The summed E-state index contributed by atoms with van der Waals surface area (Å²) in [5.74, 6) is -0.0421. The van der Waals surface area contributed by atoms with Gasteiger partial charge in [0, 0.05) is 16.9 Å². The summed E-state index contributed by atoms with van der Waals surface area (Å²) in [5, 5.41) is 19.0. The van der Waals surface area contributed by atoms with Gasteiger partial charge in [-0.3, -0.25) is 4.52 Å². The normalized spacial score (nSPS) is 14.5. The lowest BCUT2D eigenvalue weighted by Gasteiger charge is -2.18. The third-order valence-electron chi connectivity index (χ3n) is 5.08. The second-order valence-electron chi connectivity index (χ2n) is 7.32. The predicted molar refractivity (Wildman–Crippen MR) is 123 cm³/mol. The van der Waals surface area contributed by atoms with Gasteiger partial charge in [0.1, 0.15) is 0 Å². The van der Waals surface area contributed by atoms with Gasteiger partial charge in [0.25, 0.3) is 6.20 Å². The molecule has 168 valence electrons. The Hall–Kier alpha value is -3.63. The molecule has 33 heavy (non-hydrogen) atoms. The van der Waals surface area contributed by atoms with Crippen LogP contribution >= 0.6 is 11.8 Å². The number of benzene rings is 2. The molecule has 10 heteroatoms. The van der Waals surface area contributed by atoms with Crippen LogP contribution in [-0.4, -0.2) is 53.2 Å². The topological polar surface area (TPSA) is 106 Å². The number of H-pyrrole nitrogens is 1. The Bertz CT molecular complexity index is 1160. The highest BCUT2D eigenvalue weighted by atomic mass is 32.2. The van der Waals surface area contributed by atoms with Gasteiger partial charge in [-0.05, 0) is 5.90 Å². The lowest BCUT2D eigenvalue weighted by molar-refractivity contribution is -0.759. The van der Waals surface area contributed by atoms with Crippen LogP contribution in [0.25, 0.3) is 22.5 Å². The van der Waals surface area contributed by atoms with Crippen molar-refractivity contribution in [2.75, 3.05) is 37.1 Å². The smallest absolute Gasteiger partial charge is 0.324 e. The van der Waals surface area contributed by atoms with E-state index in [-0.39, 0.29) is 17.5 Å². The summed E-state index contributed by atoms with van der Waals surface area (Å²) in [6, 6.07) is 20.0. The molecular formula is C23H22N6O3S. The Morgan fingerprint density at radius 1 is 1.06 bits per heavy atom. The number of aliphatic imine (C=N–C) groups is 1. The van der Waals surface area contributed by atoms with Gasteiger partial charge in [0.05, 0.1) is 42.5 Å². The number of imidazole rings is 1. The van der Waals surface area contributed by atoms with Crippen LogP contribution < -0.4 is 14.9 Å². The number of nitrogens with one attached hydrogen (secondary N) is 1. The fourth-order valence-electron chi connectivity index (χ4n) is 3.49. The quantitative estimate of drug-likeness (QED) is 0.194. The molecule has 2 aromatic heterocycles. The van der Waals surface area contributed by atoms with E-state index in [0.29, 0.717) is 31.5 Å². The van der Waals surface area contributed by atoms with Gasteiger partial charge >= 0.3 is 5.88 Å². The molecule has 1 saturated heterocycles. The second kappa shape index (κ2) is 9.88. The van der Waals surface area contributed by atoms with E-state index in [2.05, 4.69) is 15.2 Å². The van der Waals surface area contributed by atoms with Crippen LogP contribution in [0.15, 0.2) is 81.5 Å². The molecular weight excluding hydrogens is 440 g/mol. The fraction of sp³-hybridized carbons (Fsp3) is 0.217. The second-order valence-corrected chi connectivity index (χ2v) is 8.28. The Morgan fingerprint density at radius 2 is 1.76 bits per heavy atom. The third-order valence-corrected chi connectivity index (χ3v) is 5.94. The first-order valence-corrected chi connectivity index (χ1v) is 11.5. The van der Waals surface area contributed by atoms with E-state index >= 15 is 0 Å². The lowest BCUT2D eigenvalue weighted by Crippen LogP contribution is -2.62. The van der Waals surface area contributed by atoms with Gasteiger partial charge in [-0.1, -0.05) is 72.4 Å². The number of aromatic amines is 1. The van der Waals surface area contributed by atoms with Crippen LogP contribution in [0.3, 0.4) is 0 Å². The molecule has 0 bridgehead atoms. The molecule has 1 N–H and O–H groups in total. The Labute approximate surface area is 194 Å². The van der Waals surface area contributed by atoms with E-state index in [1.807, 2.05) is 65.7 Å². The zero-order valence-corrected chi connectivity index (χ0v) is 18.6. The molecule has 0 atom stereocenters. The maximum atomic E-state index is 12.4. The molecule has 0 unspecified atom stereocenters. The average Bonchev–Trinajstić information content (AvgIpc) is 3.52. The number of nitrogens with zero attached hydrogens (tertiary/aromatic N) is 5. The summed E-state index contributed by atoms with van der Waals surface area (Å²) < 4.78 is 10.5. The van der Waals surface area contributed by atoms with Gasteiger partial charge in [-0.2, -0.15) is 0 Å². The van der Waals surface area contributed by atoms with Crippen molar-refractivity contribution in [1.29, 1.82) is 0 Å². The standard InChI is InChI=1S/C23H22N6O3S/c30-19(24-20-15-29(27-32-20)28-11-13-31-14-12-28)16-33-23-25-21(17-7-3-1-4-8-17)22(26-23)18-9-5-2-6-10-18/h1-10,15H,11-14,16H2,(H-,24,25,26,27,30). The summed E-state index contributed by atoms with van der Waals surface area (Å²) in [6.45, 7) is 2.65. The van der Waals surface area contributed by atoms with Crippen molar-refractivity contribution < 1.29 is 19.2 Å². The zero-order chi connectivity index (χ0) is 22.5. The van der Waals surface area contributed by atoms with E-state index in [4.69, 9.17) is 14.2 Å². The summed E-state index contributed by atoms with van der Waals surface area (Å²) in [7, 11) is 0. The van der Waals surface area contributed by atoms with E-state index in [1.54, 1.807) is 11.0 Å². The average molecular weight is 463 g/mol. The van der Waals surface area contributed by atoms with Crippen molar-refractivity contribution in [3.63, 3.8) is 0 Å².